The van der Waals surface area contributed by atoms with Crippen LogP contribution < -0.4 is 5.32 Å². The Balaban J connectivity index is 1.85. The van der Waals surface area contributed by atoms with E-state index in [4.69, 9.17) is 0 Å². The normalized spacial score (nSPS) is 20.2. The van der Waals surface area contributed by atoms with Crippen LogP contribution in [0.2, 0.25) is 0 Å². The fraction of sp³-hybridized carbons (Fsp3) is 0.750. The van der Waals surface area contributed by atoms with Gasteiger partial charge in [-0.25, -0.2) is 4.98 Å². The first kappa shape index (κ1) is 11.1. The van der Waals surface area contributed by atoms with Gasteiger partial charge in [0.2, 0.25) is 0 Å². The van der Waals surface area contributed by atoms with Crippen molar-refractivity contribution in [2.45, 2.75) is 46.1 Å². The predicted molar refractivity (Wildman–Crippen MR) is 65.2 cm³/mol. The molecule has 1 N–H and O–H groups in total. The first-order chi connectivity index (χ1) is 7.15. The highest BCUT2D eigenvalue weighted by molar-refractivity contribution is 7.11. The smallest absolute Gasteiger partial charge is 0.0897 e. The van der Waals surface area contributed by atoms with Gasteiger partial charge in [0.25, 0.3) is 0 Å². The lowest BCUT2D eigenvalue weighted by atomic mass is 10.0. The first-order valence-electron chi connectivity index (χ1n) is 5.81. The van der Waals surface area contributed by atoms with E-state index < -0.39 is 0 Å². The molecule has 1 atom stereocenters. The molecule has 1 saturated carbocycles. The molecule has 0 amide bonds. The van der Waals surface area contributed by atoms with Gasteiger partial charge >= 0.3 is 0 Å². The number of rotatable bonds is 5. The van der Waals surface area contributed by atoms with Crippen molar-refractivity contribution in [2.75, 3.05) is 6.54 Å². The number of aromatic nitrogens is 1. The summed E-state index contributed by atoms with van der Waals surface area (Å²) in [7, 11) is 0. The Labute approximate surface area is 96.1 Å². The SMILES string of the molecule is CCC1(CNC(C)c2cnc(C)s2)CC1. The summed E-state index contributed by atoms with van der Waals surface area (Å²) in [5, 5.41) is 4.80. The lowest BCUT2D eigenvalue weighted by Crippen LogP contribution is -2.25. The molecule has 84 valence electrons. The predicted octanol–water partition coefficient (Wildman–Crippen LogP) is 3.29. The topological polar surface area (TPSA) is 24.9 Å². The minimum Gasteiger partial charge on any atom is -0.309 e. The summed E-state index contributed by atoms with van der Waals surface area (Å²) in [6.07, 6.45) is 6.13. The maximum Gasteiger partial charge on any atom is 0.0897 e. The second-order valence-electron chi connectivity index (χ2n) is 4.74. The quantitative estimate of drug-likeness (QED) is 0.830. The van der Waals surface area contributed by atoms with E-state index in [1.807, 2.05) is 6.20 Å². The van der Waals surface area contributed by atoms with Crippen molar-refractivity contribution in [1.29, 1.82) is 0 Å². The van der Waals surface area contributed by atoms with E-state index in [9.17, 15) is 0 Å². The van der Waals surface area contributed by atoms with E-state index in [0.29, 0.717) is 11.5 Å². The maximum absolute atomic E-state index is 4.30. The van der Waals surface area contributed by atoms with Crippen molar-refractivity contribution in [3.05, 3.63) is 16.1 Å². The Kier molecular flexibility index (Phi) is 3.12. The molecule has 0 radical (unpaired) electrons. The summed E-state index contributed by atoms with van der Waals surface area (Å²) in [4.78, 5) is 5.66. The molecule has 0 saturated heterocycles. The Morgan fingerprint density at radius 3 is 2.80 bits per heavy atom. The molecule has 0 aliphatic heterocycles. The number of thiazole rings is 1. The van der Waals surface area contributed by atoms with Gasteiger partial charge < -0.3 is 5.32 Å². The van der Waals surface area contributed by atoms with Crippen LogP contribution in [0.25, 0.3) is 0 Å². The van der Waals surface area contributed by atoms with E-state index in [0.717, 1.165) is 5.01 Å². The summed E-state index contributed by atoms with van der Waals surface area (Å²) in [6, 6.07) is 0.459. The van der Waals surface area contributed by atoms with Gasteiger partial charge in [0, 0.05) is 23.7 Å². The molecule has 1 aromatic heterocycles. The molecule has 1 aliphatic rings. The fourth-order valence-corrected chi connectivity index (χ4v) is 2.69. The highest BCUT2D eigenvalue weighted by Crippen LogP contribution is 2.48. The van der Waals surface area contributed by atoms with E-state index in [1.165, 1.54) is 30.7 Å². The summed E-state index contributed by atoms with van der Waals surface area (Å²) < 4.78 is 0. The van der Waals surface area contributed by atoms with E-state index in [1.54, 1.807) is 11.3 Å². The van der Waals surface area contributed by atoms with Crippen molar-refractivity contribution in [3.63, 3.8) is 0 Å². The highest BCUT2D eigenvalue weighted by Gasteiger charge is 2.40. The lowest BCUT2D eigenvalue weighted by molar-refractivity contribution is 0.417. The van der Waals surface area contributed by atoms with Gasteiger partial charge in [-0.3, -0.25) is 0 Å². The summed E-state index contributed by atoms with van der Waals surface area (Å²) in [6.45, 7) is 7.77. The van der Waals surface area contributed by atoms with E-state index >= 15 is 0 Å². The van der Waals surface area contributed by atoms with Crippen molar-refractivity contribution in [2.24, 2.45) is 5.41 Å². The van der Waals surface area contributed by atoms with Crippen molar-refractivity contribution in [3.8, 4) is 0 Å². The van der Waals surface area contributed by atoms with Crippen LogP contribution in [-0.4, -0.2) is 11.5 Å². The van der Waals surface area contributed by atoms with Crippen molar-refractivity contribution >= 4 is 11.3 Å². The fourth-order valence-electron chi connectivity index (χ4n) is 1.88. The molecule has 3 heteroatoms. The van der Waals surface area contributed by atoms with Crippen LogP contribution in [0, 0.1) is 12.3 Å². The third-order valence-electron chi connectivity index (χ3n) is 3.56. The van der Waals surface area contributed by atoms with Gasteiger partial charge in [-0.2, -0.15) is 0 Å². The molecule has 15 heavy (non-hydrogen) atoms. The largest absolute Gasteiger partial charge is 0.309 e. The summed E-state index contributed by atoms with van der Waals surface area (Å²) in [5.74, 6) is 0. The summed E-state index contributed by atoms with van der Waals surface area (Å²) >= 11 is 1.80. The molecular weight excluding hydrogens is 204 g/mol. The molecule has 2 rings (SSSR count). The van der Waals surface area contributed by atoms with Gasteiger partial charge in [-0.15, -0.1) is 11.3 Å². The van der Waals surface area contributed by atoms with Crippen LogP contribution in [-0.2, 0) is 0 Å². The molecule has 1 fully saturated rings. The number of nitrogens with zero attached hydrogens (tertiary/aromatic N) is 1. The Morgan fingerprint density at radius 2 is 2.33 bits per heavy atom. The number of hydrogen-bond acceptors (Lipinski definition) is 3. The van der Waals surface area contributed by atoms with Gasteiger partial charge in [0.15, 0.2) is 0 Å². The van der Waals surface area contributed by atoms with E-state index in [-0.39, 0.29) is 0 Å². The standard InChI is InChI=1S/C12H20N2S/c1-4-12(5-6-12)8-14-9(2)11-7-13-10(3)15-11/h7,9,14H,4-6,8H2,1-3H3. The first-order valence-corrected chi connectivity index (χ1v) is 6.62. The Hall–Kier alpha value is -0.410. The lowest BCUT2D eigenvalue weighted by Gasteiger charge is -2.17. The van der Waals surface area contributed by atoms with Crippen LogP contribution in [0.15, 0.2) is 6.20 Å². The molecule has 0 aromatic carbocycles. The molecule has 0 spiro atoms. The zero-order valence-electron chi connectivity index (χ0n) is 9.84. The van der Waals surface area contributed by atoms with Crippen LogP contribution in [0.5, 0.6) is 0 Å². The maximum atomic E-state index is 4.30. The third kappa shape index (κ3) is 2.58. The monoisotopic (exact) mass is 224 g/mol. The van der Waals surface area contributed by atoms with Crippen molar-refractivity contribution in [1.82, 2.24) is 10.3 Å². The highest BCUT2D eigenvalue weighted by atomic mass is 32.1. The van der Waals surface area contributed by atoms with Crippen LogP contribution in [0.3, 0.4) is 0 Å². The van der Waals surface area contributed by atoms with Gasteiger partial charge in [-0.05, 0) is 38.5 Å². The molecule has 0 bridgehead atoms. The van der Waals surface area contributed by atoms with Gasteiger partial charge in [0.1, 0.15) is 0 Å². The third-order valence-corrected chi connectivity index (χ3v) is 4.65. The Morgan fingerprint density at radius 1 is 1.60 bits per heavy atom. The zero-order valence-corrected chi connectivity index (χ0v) is 10.7. The molecule has 1 unspecified atom stereocenters. The second kappa shape index (κ2) is 4.22. The van der Waals surface area contributed by atoms with Crippen molar-refractivity contribution < 1.29 is 0 Å². The van der Waals surface area contributed by atoms with Gasteiger partial charge in [0.05, 0.1) is 5.01 Å². The van der Waals surface area contributed by atoms with Crippen LogP contribution >= 0.6 is 11.3 Å². The number of nitrogens with one attached hydrogen (secondary N) is 1. The number of hydrogen-bond donors (Lipinski definition) is 1. The number of aryl methyl sites for hydroxylation is 1. The average Bonchev–Trinajstić information content (AvgIpc) is 2.90. The minimum atomic E-state index is 0.459. The molecular formula is C12H20N2S. The summed E-state index contributed by atoms with van der Waals surface area (Å²) in [5.41, 5.74) is 0.633. The van der Waals surface area contributed by atoms with Crippen LogP contribution in [0.4, 0.5) is 0 Å². The molecule has 1 aliphatic carbocycles. The Bertz CT molecular complexity index is 328. The van der Waals surface area contributed by atoms with E-state index in [2.05, 4.69) is 31.1 Å². The molecule has 2 nitrogen and oxygen atoms in total. The minimum absolute atomic E-state index is 0.459. The average molecular weight is 224 g/mol. The second-order valence-corrected chi connectivity index (χ2v) is 6.00. The van der Waals surface area contributed by atoms with Gasteiger partial charge in [-0.1, -0.05) is 6.92 Å². The zero-order chi connectivity index (χ0) is 10.9. The van der Waals surface area contributed by atoms with Crippen LogP contribution in [0.1, 0.15) is 49.0 Å². The molecule has 1 heterocycles. The molecule has 1 aromatic rings.